The monoisotopic (exact) mass is 331 g/mol. The van der Waals surface area contributed by atoms with Crippen molar-refractivity contribution in [2.45, 2.75) is 18.2 Å². The van der Waals surface area contributed by atoms with Crippen LogP contribution in [0.25, 0.3) is 0 Å². The van der Waals surface area contributed by atoms with Gasteiger partial charge in [0.1, 0.15) is 0 Å². The fourth-order valence-corrected chi connectivity index (χ4v) is 1.77. The molecule has 0 aliphatic heterocycles. The van der Waals surface area contributed by atoms with Crippen LogP contribution in [0.15, 0.2) is 42.5 Å². The lowest BCUT2D eigenvalue weighted by Crippen LogP contribution is -2.46. The summed E-state index contributed by atoms with van der Waals surface area (Å²) < 4.78 is 43.9. The molecule has 1 atom stereocenters. The van der Waals surface area contributed by atoms with Gasteiger partial charge in [-0.15, -0.1) is 0 Å². The molecule has 0 heterocycles. The lowest BCUT2D eigenvalue weighted by molar-refractivity contribution is -0.267. The summed E-state index contributed by atoms with van der Waals surface area (Å²) in [7, 11) is 1.16. The Balaban J connectivity index is 2.78. The summed E-state index contributed by atoms with van der Waals surface area (Å²) in [6.45, 7) is -0.170. The second-order valence-electron chi connectivity index (χ2n) is 4.63. The summed E-state index contributed by atoms with van der Waals surface area (Å²) in [5, 5.41) is 12.2. The van der Waals surface area contributed by atoms with E-state index in [9.17, 15) is 27.9 Å². The van der Waals surface area contributed by atoms with E-state index in [0.29, 0.717) is 0 Å². The Morgan fingerprint density at radius 3 is 2.39 bits per heavy atom. The van der Waals surface area contributed by atoms with E-state index >= 15 is 0 Å². The number of aliphatic hydroxyl groups is 1. The number of ether oxygens (including phenoxy) is 1. The topological polar surface area (TPSA) is 75.6 Å². The molecule has 1 amide bonds. The van der Waals surface area contributed by atoms with Crippen LogP contribution in [-0.4, -0.2) is 36.8 Å². The molecule has 1 rings (SSSR count). The predicted octanol–water partition coefficient (Wildman–Crippen LogP) is 1.67. The Kier molecular flexibility index (Phi) is 6.32. The highest BCUT2D eigenvalue weighted by atomic mass is 19.4. The van der Waals surface area contributed by atoms with Crippen molar-refractivity contribution in [3.8, 4) is 0 Å². The molecule has 0 aromatic heterocycles. The van der Waals surface area contributed by atoms with Gasteiger partial charge in [0.05, 0.1) is 13.5 Å². The van der Waals surface area contributed by atoms with Crippen LogP contribution in [0.5, 0.6) is 0 Å². The smallest absolute Gasteiger partial charge is 0.421 e. The average molecular weight is 331 g/mol. The van der Waals surface area contributed by atoms with Crippen LogP contribution >= 0.6 is 0 Å². The molecular formula is C15H16F3NO4. The van der Waals surface area contributed by atoms with Crippen LogP contribution in [0, 0.1) is 0 Å². The van der Waals surface area contributed by atoms with Gasteiger partial charge < -0.3 is 15.2 Å². The first-order chi connectivity index (χ1) is 10.7. The minimum absolute atomic E-state index is 0.170. The standard InChI is InChI=1S/C15H16F3NO4/c1-23-13(21)8-5-9-19-12(20)10-14(22,15(16,17)18)11-6-3-2-4-7-11/h2-8,22H,9-10H2,1H3,(H,19,20)/b8-5+. The summed E-state index contributed by atoms with van der Waals surface area (Å²) in [6, 6.07) is 6.36. The van der Waals surface area contributed by atoms with Crippen molar-refractivity contribution in [3.05, 3.63) is 48.0 Å². The molecular weight excluding hydrogens is 315 g/mol. The lowest BCUT2D eigenvalue weighted by atomic mass is 9.89. The van der Waals surface area contributed by atoms with Crippen molar-refractivity contribution >= 4 is 11.9 Å². The Labute approximate surface area is 130 Å². The molecule has 0 saturated carbocycles. The van der Waals surface area contributed by atoms with E-state index in [1.165, 1.54) is 24.3 Å². The summed E-state index contributed by atoms with van der Waals surface area (Å²) in [4.78, 5) is 22.5. The highest BCUT2D eigenvalue weighted by Gasteiger charge is 2.55. The van der Waals surface area contributed by atoms with E-state index in [0.717, 1.165) is 25.3 Å². The summed E-state index contributed by atoms with van der Waals surface area (Å²) >= 11 is 0. The highest BCUT2D eigenvalue weighted by molar-refractivity contribution is 5.82. The number of hydrogen-bond acceptors (Lipinski definition) is 4. The van der Waals surface area contributed by atoms with Crippen LogP contribution in [0.3, 0.4) is 0 Å². The number of halogens is 3. The fourth-order valence-electron chi connectivity index (χ4n) is 1.77. The van der Waals surface area contributed by atoms with Gasteiger partial charge >= 0.3 is 12.1 Å². The molecule has 0 bridgehead atoms. The molecule has 5 nitrogen and oxygen atoms in total. The SMILES string of the molecule is COC(=O)/C=C/CNC(=O)CC(O)(c1ccccc1)C(F)(F)F. The molecule has 1 aromatic carbocycles. The number of methoxy groups -OCH3 is 1. The Hall–Kier alpha value is -2.35. The van der Waals surface area contributed by atoms with Crippen LogP contribution in [0.2, 0.25) is 0 Å². The second kappa shape index (κ2) is 7.77. The first-order valence-corrected chi connectivity index (χ1v) is 6.56. The number of rotatable bonds is 6. The second-order valence-corrected chi connectivity index (χ2v) is 4.63. The van der Waals surface area contributed by atoms with Crippen molar-refractivity contribution in [2.24, 2.45) is 0 Å². The van der Waals surface area contributed by atoms with E-state index in [2.05, 4.69) is 10.1 Å². The highest BCUT2D eigenvalue weighted by Crippen LogP contribution is 2.41. The van der Waals surface area contributed by atoms with Crippen molar-refractivity contribution in [1.29, 1.82) is 0 Å². The zero-order valence-electron chi connectivity index (χ0n) is 12.3. The predicted molar refractivity (Wildman–Crippen MR) is 75.2 cm³/mol. The number of carbonyl (C=O) groups is 2. The maximum atomic E-state index is 13.2. The first-order valence-electron chi connectivity index (χ1n) is 6.56. The van der Waals surface area contributed by atoms with E-state index in [-0.39, 0.29) is 6.54 Å². The zero-order valence-corrected chi connectivity index (χ0v) is 12.3. The Bertz CT molecular complexity index is 572. The molecule has 23 heavy (non-hydrogen) atoms. The zero-order chi connectivity index (χ0) is 17.5. The number of hydrogen-bond donors (Lipinski definition) is 2. The molecule has 0 spiro atoms. The van der Waals surface area contributed by atoms with Gasteiger partial charge in [0.2, 0.25) is 5.91 Å². The molecule has 1 unspecified atom stereocenters. The van der Waals surface area contributed by atoms with Crippen molar-refractivity contribution in [3.63, 3.8) is 0 Å². The maximum Gasteiger partial charge on any atom is 0.421 e. The molecule has 0 fully saturated rings. The third-order valence-electron chi connectivity index (χ3n) is 3.01. The number of alkyl halides is 3. The molecule has 0 radical (unpaired) electrons. The summed E-state index contributed by atoms with van der Waals surface area (Å²) in [5.41, 5.74) is -3.71. The van der Waals surface area contributed by atoms with E-state index in [4.69, 9.17) is 0 Å². The first kappa shape index (κ1) is 18.7. The number of esters is 1. The van der Waals surface area contributed by atoms with Gasteiger partial charge in [0.15, 0.2) is 5.60 Å². The fraction of sp³-hybridized carbons (Fsp3) is 0.333. The molecule has 1 aromatic rings. The molecule has 0 saturated heterocycles. The van der Waals surface area contributed by atoms with Gasteiger partial charge in [-0.2, -0.15) is 13.2 Å². The normalized spacial score (nSPS) is 14.3. The molecule has 0 aliphatic rings. The third kappa shape index (κ3) is 5.10. The van der Waals surface area contributed by atoms with E-state index in [1.54, 1.807) is 0 Å². The quantitative estimate of drug-likeness (QED) is 0.614. The van der Waals surface area contributed by atoms with Gasteiger partial charge in [-0.25, -0.2) is 4.79 Å². The molecule has 8 heteroatoms. The van der Waals surface area contributed by atoms with Crippen LogP contribution in [0.1, 0.15) is 12.0 Å². The maximum absolute atomic E-state index is 13.2. The Morgan fingerprint density at radius 2 is 1.87 bits per heavy atom. The number of carbonyl (C=O) groups excluding carboxylic acids is 2. The van der Waals surface area contributed by atoms with Gasteiger partial charge in [-0.05, 0) is 5.56 Å². The minimum atomic E-state index is -5.02. The molecule has 0 aliphatic carbocycles. The van der Waals surface area contributed by atoms with Gasteiger partial charge in [-0.3, -0.25) is 4.79 Å². The molecule has 2 N–H and O–H groups in total. The van der Waals surface area contributed by atoms with Crippen molar-refractivity contribution in [1.82, 2.24) is 5.32 Å². The van der Waals surface area contributed by atoms with Crippen LogP contribution in [0.4, 0.5) is 13.2 Å². The minimum Gasteiger partial charge on any atom is -0.466 e. The number of nitrogens with one attached hydrogen (secondary N) is 1. The largest absolute Gasteiger partial charge is 0.466 e. The third-order valence-corrected chi connectivity index (χ3v) is 3.01. The van der Waals surface area contributed by atoms with Gasteiger partial charge in [-0.1, -0.05) is 36.4 Å². The van der Waals surface area contributed by atoms with E-state index < -0.39 is 35.6 Å². The lowest BCUT2D eigenvalue weighted by Gasteiger charge is -2.30. The Morgan fingerprint density at radius 1 is 1.26 bits per heavy atom. The molecule has 126 valence electrons. The van der Waals surface area contributed by atoms with Crippen LogP contribution in [-0.2, 0) is 19.9 Å². The van der Waals surface area contributed by atoms with Gasteiger partial charge in [0.25, 0.3) is 0 Å². The van der Waals surface area contributed by atoms with E-state index in [1.807, 2.05) is 0 Å². The number of benzene rings is 1. The van der Waals surface area contributed by atoms with Gasteiger partial charge in [0, 0.05) is 12.6 Å². The van der Waals surface area contributed by atoms with Crippen molar-refractivity contribution in [2.75, 3.05) is 13.7 Å². The average Bonchev–Trinajstić information content (AvgIpc) is 2.51. The summed E-state index contributed by atoms with van der Waals surface area (Å²) in [6.07, 6.45) is -3.97. The van der Waals surface area contributed by atoms with Crippen molar-refractivity contribution < 1.29 is 32.6 Å². The number of amides is 1. The summed E-state index contributed by atoms with van der Waals surface area (Å²) in [5.74, 6) is -1.67. The van der Waals surface area contributed by atoms with Crippen LogP contribution < -0.4 is 5.32 Å².